The molecular formula is C20H27N5O2. The summed E-state index contributed by atoms with van der Waals surface area (Å²) in [6.07, 6.45) is 6.01. The van der Waals surface area contributed by atoms with Crippen LogP contribution in [-0.4, -0.2) is 71.2 Å². The van der Waals surface area contributed by atoms with E-state index in [0.29, 0.717) is 19.1 Å². The van der Waals surface area contributed by atoms with Crippen molar-refractivity contribution in [1.82, 2.24) is 25.1 Å². The fourth-order valence-corrected chi connectivity index (χ4v) is 3.78. The lowest BCUT2D eigenvalue weighted by molar-refractivity contribution is 0.103. The Kier molecular flexibility index (Phi) is 5.67. The van der Waals surface area contributed by atoms with Crippen LogP contribution in [0.2, 0.25) is 0 Å². The summed E-state index contributed by atoms with van der Waals surface area (Å²) in [6.45, 7) is 5.40. The number of likely N-dealkylation sites (tertiary alicyclic amines) is 2. The van der Waals surface area contributed by atoms with Crippen molar-refractivity contribution in [1.29, 1.82) is 0 Å². The Morgan fingerprint density at radius 2 is 1.93 bits per heavy atom. The van der Waals surface area contributed by atoms with Crippen LogP contribution in [0, 0.1) is 0 Å². The van der Waals surface area contributed by atoms with Gasteiger partial charge in [0.15, 0.2) is 0 Å². The second-order valence-electron chi connectivity index (χ2n) is 7.30. The molecule has 0 atom stereocenters. The molecule has 1 aromatic heterocycles. The highest BCUT2D eigenvalue weighted by atomic mass is 16.5. The standard InChI is InChI=1S/C20H27N5O2/c26-20(21-9-14-24-10-3-4-11-24)25-12-7-17(8-13-25)27-19-22-15-16-5-1-2-6-18(16)23-19/h1-2,5-6,15,17H,3-4,7-14H2,(H,21,26). The van der Waals surface area contributed by atoms with Gasteiger partial charge in [-0.1, -0.05) is 18.2 Å². The molecule has 7 heteroatoms. The second-order valence-corrected chi connectivity index (χ2v) is 7.30. The summed E-state index contributed by atoms with van der Waals surface area (Å²) in [5.74, 6) is 0. The molecule has 3 heterocycles. The highest BCUT2D eigenvalue weighted by molar-refractivity contribution is 5.77. The van der Waals surface area contributed by atoms with Gasteiger partial charge in [0.1, 0.15) is 6.10 Å². The lowest BCUT2D eigenvalue weighted by Crippen LogP contribution is -2.47. The average Bonchev–Trinajstić information content (AvgIpc) is 3.22. The van der Waals surface area contributed by atoms with Crippen molar-refractivity contribution in [2.24, 2.45) is 0 Å². The van der Waals surface area contributed by atoms with Gasteiger partial charge in [0, 0.05) is 50.6 Å². The van der Waals surface area contributed by atoms with Gasteiger partial charge >= 0.3 is 12.0 Å². The molecule has 0 saturated carbocycles. The monoisotopic (exact) mass is 369 g/mol. The average molecular weight is 369 g/mol. The van der Waals surface area contributed by atoms with Gasteiger partial charge in [-0.15, -0.1) is 0 Å². The van der Waals surface area contributed by atoms with E-state index in [4.69, 9.17) is 4.74 Å². The Bertz CT molecular complexity index is 770. The number of aromatic nitrogens is 2. The zero-order valence-electron chi connectivity index (χ0n) is 15.6. The van der Waals surface area contributed by atoms with E-state index in [-0.39, 0.29) is 12.1 Å². The minimum absolute atomic E-state index is 0.0367. The summed E-state index contributed by atoms with van der Waals surface area (Å²) in [4.78, 5) is 25.4. The molecule has 2 saturated heterocycles. The third kappa shape index (κ3) is 4.66. The first-order valence-corrected chi connectivity index (χ1v) is 9.91. The third-order valence-corrected chi connectivity index (χ3v) is 5.37. The largest absolute Gasteiger partial charge is 0.460 e. The number of carbonyl (C=O) groups is 1. The molecule has 0 spiro atoms. The first kappa shape index (κ1) is 18.0. The van der Waals surface area contributed by atoms with Gasteiger partial charge in [-0.25, -0.2) is 9.78 Å². The molecule has 0 bridgehead atoms. The molecule has 7 nitrogen and oxygen atoms in total. The van der Waals surface area contributed by atoms with E-state index in [1.807, 2.05) is 29.2 Å². The van der Waals surface area contributed by atoms with Crippen molar-refractivity contribution in [3.05, 3.63) is 30.5 Å². The molecule has 0 unspecified atom stereocenters. The van der Waals surface area contributed by atoms with Gasteiger partial charge < -0.3 is 19.9 Å². The number of hydrogen-bond acceptors (Lipinski definition) is 5. The Balaban J connectivity index is 1.21. The van der Waals surface area contributed by atoms with E-state index in [9.17, 15) is 4.79 Å². The molecule has 1 N–H and O–H groups in total. The molecule has 2 fully saturated rings. The van der Waals surface area contributed by atoms with Crippen LogP contribution >= 0.6 is 0 Å². The summed E-state index contributed by atoms with van der Waals surface area (Å²) < 4.78 is 5.95. The van der Waals surface area contributed by atoms with Gasteiger partial charge in [0.05, 0.1) is 5.52 Å². The van der Waals surface area contributed by atoms with Crippen molar-refractivity contribution in [3.8, 4) is 6.01 Å². The summed E-state index contributed by atoms with van der Waals surface area (Å²) in [7, 11) is 0. The molecule has 2 amide bonds. The number of amides is 2. The Morgan fingerprint density at radius 1 is 1.15 bits per heavy atom. The van der Waals surface area contributed by atoms with Gasteiger partial charge in [0.25, 0.3) is 0 Å². The number of rotatable bonds is 5. The number of nitrogens with zero attached hydrogens (tertiary/aromatic N) is 4. The summed E-state index contributed by atoms with van der Waals surface area (Å²) in [5.41, 5.74) is 0.886. The Morgan fingerprint density at radius 3 is 2.74 bits per heavy atom. The summed E-state index contributed by atoms with van der Waals surface area (Å²) in [5, 5.41) is 4.05. The number of fused-ring (bicyclic) bond motifs is 1. The molecule has 0 aliphatic carbocycles. The maximum absolute atomic E-state index is 12.3. The first-order chi connectivity index (χ1) is 13.3. The normalized spacial score (nSPS) is 18.7. The van der Waals surface area contributed by atoms with Crippen LogP contribution < -0.4 is 10.1 Å². The second kappa shape index (κ2) is 8.52. The van der Waals surface area contributed by atoms with Crippen LogP contribution in [0.4, 0.5) is 4.79 Å². The summed E-state index contributed by atoms with van der Waals surface area (Å²) in [6, 6.07) is 8.33. The number of carbonyl (C=O) groups excluding carboxylic acids is 1. The maximum atomic E-state index is 12.3. The summed E-state index contributed by atoms with van der Waals surface area (Å²) >= 11 is 0. The molecular weight excluding hydrogens is 342 g/mol. The highest BCUT2D eigenvalue weighted by Gasteiger charge is 2.24. The molecule has 1 aromatic carbocycles. The third-order valence-electron chi connectivity index (χ3n) is 5.37. The zero-order valence-corrected chi connectivity index (χ0v) is 15.6. The fraction of sp³-hybridized carbons (Fsp3) is 0.550. The van der Waals surface area contributed by atoms with Crippen LogP contribution in [0.25, 0.3) is 10.9 Å². The topological polar surface area (TPSA) is 70.6 Å². The van der Waals surface area contributed by atoms with E-state index < -0.39 is 0 Å². The lowest BCUT2D eigenvalue weighted by atomic mass is 10.1. The van der Waals surface area contributed by atoms with Crippen molar-refractivity contribution in [3.63, 3.8) is 0 Å². The first-order valence-electron chi connectivity index (χ1n) is 9.91. The Labute approximate surface area is 159 Å². The quantitative estimate of drug-likeness (QED) is 0.876. The van der Waals surface area contributed by atoms with Crippen LogP contribution in [0.15, 0.2) is 30.5 Å². The fourth-order valence-electron chi connectivity index (χ4n) is 3.78. The van der Waals surface area contributed by atoms with Gasteiger partial charge in [-0.2, -0.15) is 4.98 Å². The molecule has 144 valence electrons. The number of piperidine rings is 1. The smallest absolute Gasteiger partial charge is 0.317 e. The van der Waals surface area contributed by atoms with Crippen LogP contribution in [-0.2, 0) is 0 Å². The SMILES string of the molecule is O=C(NCCN1CCCC1)N1CCC(Oc2ncc3ccccc3n2)CC1. The number of benzene rings is 1. The van der Waals surface area contributed by atoms with Gasteiger partial charge in [-0.05, 0) is 32.0 Å². The number of hydrogen-bond donors (Lipinski definition) is 1. The number of nitrogens with one attached hydrogen (secondary N) is 1. The number of ether oxygens (including phenoxy) is 1. The lowest BCUT2D eigenvalue weighted by Gasteiger charge is -2.31. The Hall–Kier alpha value is -2.41. The molecule has 0 radical (unpaired) electrons. The molecule has 2 aromatic rings. The predicted octanol–water partition coefficient (Wildman–Crippen LogP) is 2.28. The minimum Gasteiger partial charge on any atom is -0.460 e. The van der Waals surface area contributed by atoms with Gasteiger partial charge in [0.2, 0.25) is 0 Å². The zero-order chi connectivity index (χ0) is 18.5. The van der Waals surface area contributed by atoms with Crippen molar-refractivity contribution >= 4 is 16.9 Å². The minimum atomic E-state index is 0.0367. The number of para-hydroxylation sites is 1. The molecule has 27 heavy (non-hydrogen) atoms. The van der Waals surface area contributed by atoms with Crippen molar-refractivity contribution in [2.45, 2.75) is 31.8 Å². The van der Waals surface area contributed by atoms with Crippen molar-refractivity contribution in [2.75, 3.05) is 39.3 Å². The highest BCUT2D eigenvalue weighted by Crippen LogP contribution is 2.18. The van der Waals surface area contributed by atoms with Crippen LogP contribution in [0.5, 0.6) is 6.01 Å². The maximum Gasteiger partial charge on any atom is 0.317 e. The van der Waals surface area contributed by atoms with Gasteiger partial charge in [-0.3, -0.25) is 0 Å². The van der Waals surface area contributed by atoms with Crippen LogP contribution in [0.3, 0.4) is 0 Å². The van der Waals surface area contributed by atoms with Crippen molar-refractivity contribution < 1.29 is 9.53 Å². The molecule has 2 aliphatic heterocycles. The van der Waals surface area contributed by atoms with E-state index in [1.165, 1.54) is 12.8 Å². The molecule has 2 aliphatic rings. The van der Waals surface area contributed by atoms with Crippen LogP contribution in [0.1, 0.15) is 25.7 Å². The molecule has 4 rings (SSSR count). The van der Waals surface area contributed by atoms with E-state index in [1.54, 1.807) is 6.20 Å². The van der Waals surface area contributed by atoms with E-state index >= 15 is 0 Å². The van der Waals surface area contributed by atoms with E-state index in [2.05, 4.69) is 20.2 Å². The number of urea groups is 1. The van der Waals surface area contributed by atoms with E-state index in [0.717, 1.165) is 49.9 Å². The predicted molar refractivity (Wildman–Crippen MR) is 104 cm³/mol.